The van der Waals surface area contributed by atoms with Crippen molar-refractivity contribution in [3.05, 3.63) is 52.8 Å². The highest BCUT2D eigenvalue weighted by Gasteiger charge is 2.12. The number of anilines is 1. The van der Waals surface area contributed by atoms with Gasteiger partial charge in [-0.2, -0.15) is 0 Å². The van der Waals surface area contributed by atoms with Crippen molar-refractivity contribution >= 4 is 33.4 Å². The Kier molecular flexibility index (Phi) is 4.63. The summed E-state index contributed by atoms with van der Waals surface area (Å²) >= 11 is 5.06. The van der Waals surface area contributed by atoms with Crippen LogP contribution in [0.5, 0.6) is 0 Å². The number of nitrogens with two attached hydrogens (primary N) is 1. The molecule has 0 aliphatic heterocycles. The van der Waals surface area contributed by atoms with Gasteiger partial charge in [0.1, 0.15) is 0 Å². The average molecular weight is 325 g/mol. The number of hydrogen-bond donors (Lipinski definition) is 2. The predicted molar refractivity (Wildman–Crippen MR) is 78.5 cm³/mol. The van der Waals surface area contributed by atoms with E-state index in [1.54, 1.807) is 30.2 Å². The first-order valence-electron chi connectivity index (χ1n) is 5.43. The van der Waals surface area contributed by atoms with Crippen LogP contribution in [0.1, 0.15) is 11.7 Å². The number of nitrogen functional groups attached to an aromatic ring is 1. The van der Waals surface area contributed by atoms with Crippen LogP contribution in [0.3, 0.4) is 0 Å². The van der Waals surface area contributed by atoms with E-state index in [2.05, 4.69) is 20.9 Å². The Bertz CT molecular complexity index is 536. The lowest BCUT2D eigenvalue weighted by molar-refractivity contribution is 0.204. The number of rotatable bonds is 4. The summed E-state index contributed by atoms with van der Waals surface area (Å²) in [5.74, 6) is 0.540. The standard InChI is InChI=1S/C13H13BrN2OS/c14-10-3-1-2-4-13(10)18-8-12(17)9-7-16-6-5-11(9)15/h1-7,12,17H,8H2,(H2,15,16). The first kappa shape index (κ1) is 13.4. The molecule has 0 bridgehead atoms. The molecular formula is C13H13BrN2OS. The highest BCUT2D eigenvalue weighted by atomic mass is 79.9. The van der Waals surface area contributed by atoms with E-state index in [9.17, 15) is 5.11 Å². The largest absolute Gasteiger partial charge is 0.398 e. The van der Waals surface area contributed by atoms with Gasteiger partial charge < -0.3 is 10.8 Å². The fourth-order valence-corrected chi connectivity index (χ4v) is 3.04. The van der Waals surface area contributed by atoms with Gasteiger partial charge in [0.05, 0.1) is 6.10 Å². The normalized spacial score (nSPS) is 12.3. The molecule has 0 saturated heterocycles. The molecule has 0 saturated carbocycles. The Labute approximate surface area is 119 Å². The van der Waals surface area contributed by atoms with Gasteiger partial charge in [-0.1, -0.05) is 12.1 Å². The Morgan fingerprint density at radius 1 is 1.33 bits per heavy atom. The SMILES string of the molecule is Nc1ccncc1C(O)CSc1ccccc1Br. The average Bonchev–Trinajstić information content (AvgIpc) is 2.38. The van der Waals surface area contributed by atoms with Crippen molar-refractivity contribution in [2.75, 3.05) is 11.5 Å². The second kappa shape index (κ2) is 6.22. The van der Waals surface area contributed by atoms with Gasteiger partial charge in [0.15, 0.2) is 0 Å². The number of aliphatic hydroxyl groups is 1. The van der Waals surface area contributed by atoms with Gasteiger partial charge in [-0.15, -0.1) is 11.8 Å². The van der Waals surface area contributed by atoms with Gasteiger partial charge in [0.25, 0.3) is 0 Å². The number of aromatic nitrogens is 1. The van der Waals surface area contributed by atoms with Crippen molar-refractivity contribution in [1.82, 2.24) is 4.98 Å². The number of nitrogens with zero attached hydrogens (tertiary/aromatic N) is 1. The molecule has 3 N–H and O–H groups in total. The number of aliphatic hydroxyl groups excluding tert-OH is 1. The number of halogens is 1. The minimum Gasteiger partial charge on any atom is -0.398 e. The second-order valence-corrected chi connectivity index (χ2v) is 5.68. The molecule has 18 heavy (non-hydrogen) atoms. The van der Waals surface area contributed by atoms with Gasteiger partial charge in [-0.3, -0.25) is 4.98 Å². The van der Waals surface area contributed by atoms with Gasteiger partial charge in [0.2, 0.25) is 0 Å². The molecule has 1 atom stereocenters. The maximum atomic E-state index is 10.1. The second-order valence-electron chi connectivity index (χ2n) is 3.76. The van der Waals surface area contributed by atoms with E-state index in [0.717, 1.165) is 9.37 Å². The molecule has 3 nitrogen and oxygen atoms in total. The van der Waals surface area contributed by atoms with E-state index in [0.29, 0.717) is 17.0 Å². The zero-order valence-corrected chi connectivity index (χ0v) is 12.0. The Morgan fingerprint density at radius 2 is 2.11 bits per heavy atom. The molecule has 1 aromatic carbocycles. The van der Waals surface area contributed by atoms with E-state index in [1.807, 2.05) is 24.3 Å². The molecular weight excluding hydrogens is 312 g/mol. The monoisotopic (exact) mass is 324 g/mol. The molecule has 0 aliphatic carbocycles. The predicted octanol–water partition coefficient (Wildman–Crippen LogP) is 3.25. The summed E-state index contributed by atoms with van der Waals surface area (Å²) < 4.78 is 1.03. The lowest BCUT2D eigenvalue weighted by atomic mass is 10.1. The van der Waals surface area contributed by atoms with Gasteiger partial charge in [-0.05, 0) is 34.1 Å². The zero-order valence-electron chi connectivity index (χ0n) is 9.58. The van der Waals surface area contributed by atoms with Gasteiger partial charge in [-0.25, -0.2) is 0 Å². The van der Waals surface area contributed by atoms with Crippen LogP contribution >= 0.6 is 27.7 Å². The van der Waals surface area contributed by atoms with Crippen LogP contribution in [0, 0.1) is 0 Å². The summed E-state index contributed by atoms with van der Waals surface area (Å²) in [6.07, 6.45) is 2.61. The molecule has 1 heterocycles. The third kappa shape index (κ3) is 3.25. The van der Waals surface area contributed by atoms with E-state index < -0.39 is 6.10 Å². The number of pyridine rings is 1. The molecule has 0 amide bonds. The van der Waals surface area contributed by atoms with Crippen LogP contribution in [0.4, 0.5) is 5.69 Å². The topological polar surface area (TPSA) is 59.1 Å². The van der Waals surface area contributed by atoms with Crippen molar-refractivity contribution in [3.63, 3.8) is 0 Å². The Hall–Kier alpha value is -1.04. The van der Waals surface area contributed by atoms with E-state index in [1.165, 1.54) is 0 Å². The number of hydrogen-bond acceptors (Lipinski definition) is 4. The van der Waals surface area contributed by atoms with Crippen LogP contribution in [-0.2, 0) is 0 Å². The molecule has 94 valence electrons. The highest BCUT2D eigenvalue weighted by Crippen LogP contribution is 2.31. The van der Waals surface area contributed by atoms with Gasteiger partial charge >= 0.3 is 0 Å². The first-order valence-corrected chi connectivity index (χ1v) is 7.21. The number of benzene rings is 1. The van der Waals surface area contributed by atoms with Crippen LogP contribution in [0.2, 0.25) is 0 Å². The van der Waals surface area contributed by atoms with Crippen LogP contribution in [0.15, 0.2) is 52.1 Å². The van der Waals surface area contributed by atoms with Crippen molar-refractivity contribution in [2.45, 2.75) is 11.0 Å². The molecule has 0 fully saturated rings. The molecule has 2 rings (SSSR count). The Balaban J connectivity index is 2.03. The minimum absolute atomic E-state index is 0.540. The third-order valence-corrected chi connectivity index (χ3v) is 4.58. The lowest BCUT2D eigenvalue weighted by Crippen LogP contribution is -2.05. The van der Waals surface area contributed by atoms with Crippen molar-refractivity contribution in [1.29, 1.82) is 0 Å². The fourth-order valence-electron chi connectivity index (χ4n) is 1.52. The summed E-state index contributed by atoms with van der Waals surface area (Å²) in [6, 6.07) is 9.62. The van der Waals surface area contributed by atoms with E-state index in [4.69, 9.17) is 5.73 Å². The summed E-state index contributed by atoms with van der Waals surface area (Å²) in [7, 11) is 0. The van der Waals surface area contributed by atoms with Crippen molar-refractivity contribution in [3.8, 4) is 0 Å². The van der Waals surface area contributed by atoms with Gasteiger partial charge in [0, 0.05) is 38.8 Å². The third-order valence-electron chi connectivity index (χ3n) is 2.48. The summed E-state index contributed by atoms with van der Waals surface area (Å²) in [5, 5.41) is 10.1. The Morgan fingerprint density at radius 3 is 2.83 bits per heavy atom. The van der Waals surface area contributed by atoms with Crippen LogP contribution in [0.25, 0.3) is 0 Å². The fraction of sp³-hybridized carbons (Fsp3) is 0.154. The summed E-state index contributed by atoms with van der Waals surface area (Å²) in [6.45, 7) is 0. The molecule has 5 heteroatoms. The van der Waals surface area contributed by atoms with Crippen molar-refractivity contribution < 1.29 is 5.11 Å². The van der Waals surface area contributed by atoms with E-state index in [-0.39, 0.29) is 0 Å². The number of thioether (sulfide) groups is 1. The molecule has 1 aromatic heterocycles. The maximum absolute atomic E-state index is 10.1. The first-order chi connectivity index (χ1) is 8.68. The molecule has 2 aromatic rings. The summed E-state index contributed by atoms with van der Waals surface area (Å²) in [5.41, 5.74) is 7.05. The van der Waals surface area contributed by atoms with Crippen LogP contribution < -0.4 is 5.73 Å². The quantitative estimate of drug-likeness (QED) is 0.847. The maximum Gasteiger partial charge on any atom is 0.0918 e. The zero-order chi connectivity index (χ0) is 13.0. The minimum atomic E-state index is -0.615. The lowest BCUT2D eigenvalue weighted by Gasteiger charge is -2.12. The smallest absolute Gasteiger partial charge is 0.0918 e. The molecule has 0 aliphatic rings. The van der Waals surface area contributed by atoms with E-state index >= 15 is 0 Å². The highest BCUT2D eigenvalue weighted by molar-refractivity contribution is 9.10. The summed E-state index contributed by atoms with van der Waals surface area (Å²) in [4.78, 5) is 5.08. The molecule has 1 unspecified atom stereocenters. The molecule has 0 spiro atoms. The van der Waals surface area contributed by atoms with Crippen molar-refractivity contribution in [2.24, 2.45) is 0 Å². The molecule has 0 radical (unpaired) electrons. The van der Waals surface area contributed by atoms with Crippen LogP contribution in [-0.4, -0.2) is 15.8 Å².